The van der Waals surface area contributed by atoms with E-state index in [1.807, 2.05) is 0 Å². The van der Waals surface area contributed by atoms with Crippen LogP contribution in [0.15, 0.2) is 12.1 Å². The van der Waals surface area contributed by atoms with Gasteiger partial charge in [-0.25, -0.2) is 0 Å². The molecule has 0 aliphatic rings. The van der Waals surface area contributed by atoms with Crippen LogP contribution < -0.4 is 0 Å². The lowest BCUT2D eigenvalue weighted by molar-refractivity contribution is 0.299. The minimum Gasteiger partial charge on any atom is -0.396 e. The van der Waals surface area contributed by atoms with Crippen LogP contribution >= 0.6 is 0 Å². The average Bonchev–Trinajstić information content (AvgIpc) is 2.17. The number of hydrogen-bond donors (Lipinski definition) is 1. The van der Waals surface area contributed by atoms with Crippen molar-refractivity contribution in [3.05, 3.63) is 34.4 Å². The predicted octanol–water partition coefficient (Wildman–Crippen LogP) is 4.12. The summed E-state index contributed by atoms with van der Waals surface area (Å²) in [4.78, 5) is 0. The summed E-state index contributed by atoms with van der Waals surface area (Å²) < 4.78 is 0. The summed E-state index contributed by atoms with van der Waals surface area (Å²) in [5, 5.41) is 9.17. The number of aliphatic hydroxyl groups is 1. The first-order chi connectivity index (χ1) is 8.07. The Morgan fingerprint density at radius 2 is 1.33 bits per heavy atom. The van der Waals surface area contributed by atoms with Crippen molar-refractivity contribution in [2.45, 2.75) is 65.7 Å². The highest BCUT2D eigenvalue weighted by Gasteiger charge is 2.25. The molecule has 0 radical (unpaired) electrons. The van der Waals surface area contributed by atoms with E-state index in [2.05, 4.69) is 60.6 Å². The van der Waals surface area contributed by atoms with Crippen molar-refractivity contribution in [2.75, 3.05) is 6.61 Å². The summed E-state index contributed by atoms with van der Waals surface area (Å²) in [5.74, 6) is 0. The number of rotatable bonds is 2. The zero-order valence-electron chi connectivity index (χ0n) is 13.0. The first-order valence-corrected chi connectivity index (χ1v) is 6.82. The van der Waals surface area contributed by atoms with Crippen LogP contribution in [0, 0.1) is 6.92 Å². The molecule has 1 aromatic rings. The lowest BCUT2D eigenvalue weighted by Crippen LogP contribution is -2.23. The van der Waals surface area contributed by atoms with Gasteiger partial charge in [-0.05, 0) is 46.4 Å². The van der Waals surface area contributed by atoms with Crippen LogP contribution in [0.5, 0.6) is 0 Å². The van der Waals surface area contributed by atoms with Gasteiger partial charge in [0.1, 0.15) is 0 Å². The van der Waals surface area contributed by atoms with Gasteiger partial charge in [-0.3, -0.25) is 0 Å². The zero-order chi connectivity index (χ0) is 14.1. The number of aliphatic hydroxyl groups excluding tert-OH is 1. The maximum atomic E-state index is 9.17. The second kappa shape index (κ2) is 5.05. The highest BCUT2D eigenvalue weighted by Crippen LogP contribution is 2.35. The topological polar surface area (TPSA) is 20.2 Å². The Kier molecular flexibility index (Phi) is 4.27. The molecule has 0 aliphatic heterocycles. The molecule has 0 unspecified atom stereocenters. The van der Waals surface area contributed by atoms with E-state index in [4.69, 9.17) is 5.11 Å². The van der Waals surface area contributed by atoms with Crippen molar-refractivity contribution in [1.82, 2.24) is 0 Å². The van der Waals surface area contributed by atoms with Crippen molar-refractivity contribution in [2.24, 2.45) is 0 Å². The Morgan fingerprint density at radius 3 is 1.72 bits per heavy atom. The first-order valence-electron chi connectivity index (χ1n) is 6.82. The zero-order valence-corrected chi connectivity index (χ0v) is 13.0. The molecule has 1 nitrogen and oxygen atoms in total. The average molecular weight is 248 g/mol. The van der Waals surface area contributed by atoms with Gasteiger partial charge in [-0.15, -0.1) is 0 Å². The molecule has 0 heterocycles. The van der Waals surface area contributed by atoms with E-state index in [-0.39, 0.29) is 17.4 Å². The van der Waals surface area contributed by atoms with E-state index in [1.165, 1.54) is 22.3 Å². The minimum absolute atomic E-state index is 0.139. The monoisotopic (exact) mass is 248 g/mol. The van der Waals surface area contributed by atoms with Crippen molar-refractivity contribution in [3.63, 3.8) is 0 Å². The highest BCUT2D eigenvalue weighted by molar-refractivity contribution is 5.44. The fourth-order valence-electron chi connectivity index (χ4n) is 2.38. The second-order valence-electron chi connectivity index (χ2n) is 7.30. The molecule has 1 aromatic carbocycles. The molecule has 1 rings (SSSR count). The van der Waals surface area contributed by atoms with E-state index >= 15 is 0 Å². The van der Waals surface area contributed by atoms with Gasteiger partial charge in [-0.2, -0.15) is 0 Å². The quantitative estimate of drug-likeness (QED) is 0.834. The minimum atomic E-state index is 0.139. The lowest BCUT2D eigenvalue weighted by atomic mass is 9.73. The van der Waals surface area contributed by atoms with Crippen molar-refractivity contribution < 1.29 is 5.11 Å². The van der Waals surface area contributed by atoms with Crippen LogP contribution in [-0.4, -0.2) is 11.7 Å². The van der Waals surface area contributed by atoms with Crippen molar-refractivity contribution >= 4 is 0 Å². The SMILES string of the molecule is Cc1cc(C(C)(C)C)c(C(C)(C)C)cc1CCO. The lowest BCUT2D eigenvalue weighted by Gasteiger charge is -2.31. The highest BCUT2D eigenvalue weighted by atomic mass is 16.2. The maximum absolute atomic E-state index is 9.17. The molecule has 102 valence electrons. The standard InChI is InChI=1S/C17H28O/c1-12-10-14(16(2,3)4)15(17(5,6)7)11-13(12)8-9-18/h10-11,18H,8-9H2,1-7H3. The molecule has 0 saturated carbocycles. The van der Waals surface area contributed by atoms with Crippen LogP contribution in [0.25, 0.3) is 0 Å². The van der Waals surface area contributed by atoms with E-state index in [0.29, 0.717) is 0 Å². The molecule has 0 aromatic heterocycles. The van der Waals surface area contributed by atoms with Gasteiger partial charge in [0.05, 0.1) is 0 Å². The van der Waals surface area contributed by atoms with Crippen LogP contribution in [0.1, 0.15) is 63.8 Å². The van der Waals surface area contributed by atoms with Crippen LogP contribution in [-0.2, 0) is 17.3 Å². The first kappa shape index (κ1) is 15.2. The van der Waals surface area contributed by atoms with Gasteiger partial charge < -0.3 is 5.11 Å². The van der Waals surface area contributed by atoms with E-state index in [1.54, 1.807) is 0 Å². The molecule has 0 saturated heterocycles. The molecule has 0 spiro atoms. The fourth-order valence-corrected chi connectivity index (χ4v) is 2.38. The summed E-state index contributed by atoms with van der Waals surface area (Å²) in [5.41, 5.74) is 5.70. The van der Waals surface area contributed by atoms with E-state index in [0.717, 1.165) is 6.42 Å². The van der Waals surface area contributed by atoms with Crippen molar-refractivity contribution in [1.29, 1.82) is 0 Å². The third-order valence-corrected chi connectivity index (χ3v) is 3.47. The molecule has 0 fully saturated rings. The maximum Gasteiger partial charge on any atom is 0.0471 e. The summed E-state index contributed by atoms with van der Waals surface area (Å²) in [6, 6.07) is 4.61. The van der Waals surface area contributed by atoms with Gasteiger partial charge in [-0.1, -0.05) is 53.7 Å². The summed E-state index contributed by atoms with van der Waals surface area (Å²) in [6.45, 7) is 15.9. The van der Waals surface area contributed by atoms with E-state index in [9.17, 15) is 0 Å². The van der Waals surface area contributed by atoms with E-state index < -0.39 is 0 Å². The molecule has 0 atom stereocenters. The van der Waals surface area contributed by atoms with Gasteiger partial charge in [0, 0.05) is 6.61 Å². The smallest absolute Gasteiger partial charge is 0.0471 e. The second-order valence-corrected chi connectivity index (χ2v) is 7.30. The van der Waals surface area contributed by atoms with Gasteiger partial charge in [0.2, 0.25) is 0 Å². The number of aryl methyl sites for hydroxylation is 1. The Hall–Kier alpha value is -0.820. The largest absolute Gasteiger partial charge is 0.396 e. The fraction of sp³-hybridized carbons (Fsp3) is 0.647. The van der Waals surface area contributed by atoms with Crippen LogP contribution in [0.3, 0.4) is 0 Å². The molecule has 18 heavy (non-hydrogen) atoms. The van der Waals surface area contributed by atoms with Crippen molar-refractivity contribution in [3.8, 4) is 0 Å². The molecule has 0 bridgehead atoms. The van der Waals surface area contributed by atoms with Crippen LogP contribution in [0.4, 0.5) is 0 Å². The molecule has 0 aliphatic carbocycles. The van der Waals surface area contributed by atoms with Gasteiger partial charge >= 0.3 is 0 Å². The predicted molar refractivity (Wildman–Crippen MR) is 79.4 cm³/mol. The number of benzene rings is 1. The summed E-state index contributed by atoms with van der Waals surface area (Å²) in [7, 11) is 0. The third kappa shape index (κ3) is 3.35. The van der Waals surface area contributed by atoms with Gasteiger partial charge in [0.25, 0.3) is 0 Å². The van der Waals surface area contributed by atoms with Crippen LogP contribution in [0.2, 0.25) is 0 Å². The molecule has 1 heteroatoms. The summed E-state index contributed by atoms with van der Waals surface area (Å²) >= 11 is 0. The third-order valence-electron chi connectivity index (χ3n) is 3.47. The molecular formula is C17H28O. The Bertz CT molecular complexity index is 416. The molecule has 1 N–H and O–H groups in total. The Labute approximate surface area is 112 Å². The Balaban J connectivity index is 3.48. The Morgan fingerprint density at radius 1 is 0.889 bits per heavy atom. The van der Waals surface area contributed by atoms with Gasteiger partial charge in [0.15, 0.2) is 0 Å². The number of hydrogen-bond acceptors (Lipinski definition) is 1. The summed E-state index contributed by atoms with van der Waals surface area (Å²) in [6.07, 6.45) is 0.749. The molecular weight excluding hydrogens is 220 g/mol. The molecule has 0 amide bonds. The normalized spacial score (nSPS) is 12.9.